The first kappa shape index (κ1) is 20.2. The van der Waals surface area contributed by atoms with Crippen molar-refractivity contribution in [2.24, 2.45) is 0 Å². The van der Waals surface area contributed by atoms with Gasteiger partial charge in [-0.15, -0.1) is 0 Å². The van der Waals surface area contributed by atoms with Crippen LogP contribution in [0.1, 0.15) is 5.69 Å². The fraction of sp³-hybridized carbons (Fsp3) is 0.0625. The van der Waals surface area contributed by atoms with Crippen LogP contribution in [0.4, 0.5) is 23.2 Å². The summed E-state index contributed by atoms with van der Waals surface area (Å²) in [7, 11) is 0. The summed E-state index contributed by atoms with van der Waals surface area (Å²) in [5.41, 5.74) is 0.262. The van der Waals surface area contributed by atoms with Crippen LogP contribution in [0.2, 0.25) is 5.02 Å². The molecule has 0 saturated carbocycles. The molecule has 0 saturated heterocycles. The number of benzene rings is 1. The summed E-state index contributed by atoms with van der Waals surface area (Å²) in [6, 6.07) is 4.57. The minimum atomic E-state index is -5.07. The van der Waals surface area contributed by atoms with E-state index in [1.54, 1.807) is 0 Å². The van der Waals surface area contributed by atoms with E-state index in [9.17, 15) is 27.2 Å². The van der Waals surface area contributed by atoms with E-state index in [4.69, 9.17) is 27.9 Å². The van der Waals surface area contributed by atoms with Gasteiger partial charge in [-0.3, -0.25) is 4.79 Å². The predicted molar refractivity (Wildman–Crippen MR) is 95.1 cm³/mol. The molecule has 0 aliphatic rings. The van der Waals surface area contributed by atoms with Crippen LogP contribution in [-0.4, -0.2) is 14.2 Å². The molecule has 4 N–H and O–H groups in total. The first-order valence-electron chi connectivity index (χ1n) is 7.60. The SMILES string of the molecule is Nc1cccnc1Oc1cc(-n2c(=O)cc(C(F)(F)F)n(N)c2=O)c(F)cc1Cl. The summed E-state index contributed by atoms with van der Waals surface area (Å²) in [5, 5.41) is -0.274. The highest BCUT2D eigenvalue weighted by atomic mass is 35.5. The molecule has 0 bridgehead atoms. The highest BCUT2D eigenvalue weighted by Gasteiger charge is 2.36. The number of halogens is 5. The molecule has 0 atom stereocenters. The first-order valence-corrected chi connectivity index (χ1v) is 7.97. The van der Waals surface area contributed by atoms with E-state index >= 15 is 0 Å². The number of ether oxygens (including phenoxy) is 1. The van der Waals surface area contributed by atoms with Crippen molar-refractivity contribution in [2.75, 3.05) is 11.6 Å². The molecule has 2 aromatic heterocycles. The monoisotopic (exact) mass is 431 g/mol. The zero-order valence-electron chi connectivity index (χ0n) is 14.1. The molecule has 0 spiro atoms. The van der Waals surface area contributed by atoms with Gasteiger partial charge < -0.3 is 16.3 Å². The Bertz CT molecular complexity index is 1220. The van der Waals surface area contributed by atoms with Gasteiger partial charge in [-0.1, -0.05) is 11.6 Å². The minimum Gasteiger partial charge on any atom is -0.435 e. The van der Waals surface area contributed by atoms with E-state index in [1.165, 1.54) is 18.3 Å². The topological polar surface area (TPSA) is 118 Å². The summed E-state index contributed by atoms with van der Waals surface area (Å²) in [6.07, 6.45) is -3.73. The molecule has 0 unspecified atom stereocenters. The maximum Gasteiger partial charge on any atom is 0.433 e. The van der Waals surface area contributed by atoms with Gasteiger partial charge >= 0.3 is 11.9 Å². The van der Waals surface area contributed by atoms with E-state index in [1.807, 2.05) is 0 Å². The highest BCUT2D eigenvalue weighted by molar-refractivity contribution is 6.32. The molecule has 8 nitrogen and oxygen atoms in total. The van der Waals surface area contributed by atoms with Gasteiger partial charge in [-0.2, -0.15) is 13.2 Å². The lowest BCUT2D eigenvalue weighted by molar-refractivity contribution is -0.143. The van der Waals surface area contributed by atoms with Crippen molar-refractivity contribution in [3.05, 3.63) is 73.9 Å². The van der Waals surface area contributed by atoms with Crippen molar-refractivity contribution in [1.82, 2.24) is 14.2 Å². The first-order chi connectivity index (χ1) is 13.5. The van der Waals surface area contributed by atoms with Crippen LogP contribution in [0, 0.1) is 5.82 Å². The second kappa shape index (κ2) is 7.13. The van der Waals surface area contributed by atoms with Crippen LogP contribution in [0.25, 0.3) is 5.69 Å². The van der Waals surface area contributed by atoms with Crippen LogP contribution in [0.3, 0.4) is 0 Å². The Morgan fingerprint density at radius 2 is 1.86 bits per heavy atom. The second-order valence-corrected chi connectivity index (χ2v) is 5.99. The van der Waals surface area contributed by atoms with E-state index in [0.29, 0.717) is 6.07 Å². The van der Waals surface area contributed by atoms with Crippen molar-refractivity contribution in [2.45, 2.75) is 6.18 Å². The van der Waals surface area contributed by atoms with Crippen molar-refractivity contribution in [1.29, 1.82) is 0 Å². The zero-order valence-corrected chi connectivity index (χ0v) is 14.8. The van der Waals surface area contributed by atoms with Gasteiger partial charge in [0.15, 0.2) is 5.69 Å². The summed E-state index contributed by atoms with van der Waals surface area (Å²) in [4.78, 5) is 28.2. The summed E-state index contributed by atoms with van der Waals surface area (Å²) >= 11 is 5.91. The maximum absolute atomic E-state index is 14.4. The van der Waals surface area contributed by atoms with Gasteiger partial charge in [0.25, 0.3) is 5.56 Å². The van der Waals surface area contributed by atoms with E-state index in [-0.39, 0.29) is 37.6 Å². The Balaban J connectivity index is 2.20. The molecule has 3 aromatic rings. The second-order valence-electron chi connectivity index (χ2n) is 5.59. The molecule has 3 rings (SSSR count). The molecule has 0 amide bonds. The molecular weight excluding hydrogens is 422 g/mol. The molecule has 0 aliphatic heterocycles. The molecule has 29 heavy (non-hydrogen) atoms. The lowest BCUT2D eigenvalue weighted by atomic mass is 10.2. The molecule has 0 aliphatic carbocycles. The highest BCUT2D eigenvalue weighted by Crippen LogP contribution is 2.34. The quantitative estimate of drug-likeness (QED) is 0.485. The summed E-state index contributed by atoms with van der Waals surface area (Å²) < 4.78 is 58.3. The van der Waals surface area contributed by atoms with Crippen molar-refractivity contribution >= 4 is 17.3 Å². The van der Waals surface area contributed by atoms with E-state index < -0.39 is 34.6 Å². The van der Waals surface area contributed by atoms with Crippen molar-refractivity contribution in [3.63, 3.8) is 0 Å². The third-order valence-corrected chi connectivity index (χ3v) is 3.97. The fourth-order valence-electron chi connectivity index (χ4n) is 2.36. The number of aromatic nitrogens is 3. The summed E-state index contributed by atoms with van der Waals surface area (Å²) in [6.45, 7) is 0. The van der Waals surface area contributed by atoms with Crippen LogP contribution in [-0.2, 0) is 6.18 Å². The largest absolute Gasteiger partial charge is 0.435 e. The number of anilines is 1. The van der Waals surface area contributed by atoms with E-state index in [0.717, 1.165) is 6.07 Å². The fourth-order valence-corrected chi connectivity index (χ4v) is 2.55. The number of hydrogen-bond donors (Lipinski definition) is 2. The number of rotatable bonds is 3. The number of alkyl halides is 3. The maximum atomic E-state index is 14.4. The minimum absolute atomic E-state index is 0.0622. The van der Waals surface area contributed by atoms with Crippen molar-refractivity contribution in [3.8, 4) is 17.3 Å². The van der Waals surface area contributed by atoms with Crippen LogP contribution in [0.5, 0.6) is 11.6 Å². The normalized spacial score (nSPS) is 11.5. The van der Waals surface area contributed by atoms with Gasteiger partial charge in [0.05, 0.1) is 16.4 Å². The molecule has 1 aromatic carbocycles. The lowest BCUT2D eigenvalue weighted by Gasteiger charge is -2.15. The molecule has 13 heteroatoms. The molecule has 0 fully saturated rings. The van der Waals surface area contributed by atoms with Gasteiger partial charge in [0, 0.05) is 18.3 Å². The average molecular weight is 432 g/mol. The zero-order chi connectivity index (χ0) is 21.5. The van der Waals surface area contributed by atoms with Crippen LogP contribution in [0.15, 0.2) is 46.1 Å². The van der Waals surface area contributed by atoms with Crippen LogP contribution < -0.4 is 27.6 Å². The summed E-state index contributed by atoms with van der Waals surface area (Å²) in [5.74, 6) is 3.60. The van der Waals surface area contributed by atoms with Gasteiger partial charge in [0.1, 0.15) is 11.6 Å². The smallest absolute Gasteiger partial charge is 0.433 e. The van der Waals surface area contributed by atoms with Gasteiger partial charge in [-0.25, -0.2) is 23.4 Å². The van der Waals surface area contributed by atoms with Crippen molar-refractivity contribution < 1.29 is 22.3 Å². The third kappa shape index (κ3) is 3.74. The Morgan fingerprint density at radius 1 is 1.17 bits per heavy atom. The number of hydrogen-bond acceptors (Lipinski definition) is 6. The predicted octanol–water partition coefficient (Wildman–Crippen LogP) is 2.29. The van der Waals surface area contributed by atoms with Crippen LogP contribution >= 0.6 is 11.6 Å². The average Bonchev–Trinajstić information content (AvgIpc) is 2.62. The Hall–Kier alpha value is -3.54. The number of pyridine rings is 1. The third-order valence-electron chi connectivity index (χ3n) is 3.68. The van der Waals surface area contributed by atoms with E-state index in [2.05, 4.69) is 4.98 Å². The Kier molecular flexibility index (Phi) is 4.96. The Labute approximate surface area is 163 Å². The number of nitrogens with two attached hydrogens (primary N) is 2. The molecular formula is C16H10ClF4N5O3. The number of nitrogens with zero attached hydrogens (tertiary/aromatic N) is 3. The Morgan fingerprint density at radius 3 is 2.48 bits per heavy atom. The number of nitrogen functional groups attached to an aromatic ring is 2. The standard InChI is InChI=1S/C16H10ClF4N5O3/c17-7-4-8(18)10(5-11(7)29-14-9(22)2-1-3-24-14)25-13(27)6-12(16(19,20)21)26(23)15(25)28/h1-6H,22-23H2. The molecule has 0 radical (unpaired) electrons. The molecule has 2 heterocycles. The molecule has 152 valence electrons. The van der Waals surface area contributed by atoms with Gasteiger partial charge in [-0.05, 0) is 18.2 Å². The lowest BCUT2D eigenvalue weighted by Crippen LogP contribution is -2.45. The van der Waals surface area contributed by atoms with Gasteiger partial charge in [0.2, 0.25) is 5.88 Å².